The molecule has 0 saturated carbocycles. The van der Waals surface area contributed by atoms with Crippen LogP contribution >= 0.6 is 11.6 Å². The molecule has 49 heavy (non-hydrogen) atoms. The molecule has 5 heterocycles. The molecule has 1 aromatic heterocycles. The van der Waals surface area contributed by atoms with E-state index in [1.165, 1.54) is 10.2 Å². The molecule has 3 amide bonds. The summed E-state index contributed by atoms with van der Waals surface area (Å²) in [6.45, 7) is 7.21. The number of likely N-dealkylation sites (N-methyl/N-ethyl adjacent to an activating group) is 1. The number of carbonyl (C=O) groups excluding carboxylic acids is 3. The molecule has 3 atom stereocenters. The highest BCUT2D eigenvalue weighted by atomic mass is 35.5. The van der Waals surface area contributed by atoms with Crippen molar-refractivity contribution >= 4 is 40.7 Å². The first-order valence-corrected chi connectivity index (χ1v) is 17.6. The highest BCUT2D eigenvalue weighted by Gasteiger charge is 2.45. The van der Waals surface area contributed by atoms with E-state index in [9.17, 15) is 19.2 Å². The molecule has 258 valence electrons. The van der Waals surface area contributed by atoms with Crippen LogP contribution in [0, 0.1) is 12.3 Å². The van der Waals surface area contributed by atoms with Crippen molar-refractivity contribution in [1.29, 1.82) is 0 Å². The van der Waals surface area contributed by atoms with E-state index in [1.54, 1.807) is 13.2 Å². The zero-order valence-corrected chi connectivity index (χ0v) is 29.1. The standard InChI is InChI=1S/C37H44ClN7O4/c1-23-16-28(8-9-29(23)30-10-11-32(46)41-34(30)47)45-21-37(22-45)12-14-44(15-13-37)35(48)25-6-4-24(5-7-25)26-17-27(20-42(2)19-26)40-31-18-39-43(3)36(49)33(31)38/h4-9,16,18,26-27,30,40H,10-15,17,19-22H2,1-3H3,(H,41,46,47)/t26-,27+,30?/m0/s1. The molecule has 12 heteroatoms. The van der Waals surface area contributed by atoms with E-state index in [0.29, 0.717) is 18.5 Å². The number of rotatable bonds is 6. The van der Waals surface area contributed by atoms with Crippen LogP contribution in [0.3, 0.4) is 0 Å². The molecular formula is C37H44ClN7O4. The first kappa shape index (κ1) is 33.3. The third-order valence-electron chi connectivity index (χ3n) is 11.1. The van der Waals surface area contributed by atoms with Crippen LogP contribution in [0.5, 0.6) is 0 Å². The lowest BCUT2D eigenvalue weighted by Gasteiger charge is -2.55. The SMILES string of the molecule is Cc1cc(N2CC3(CCN(C(=O)c4ccc([C@H]5C[C@@H](Nc6cnn(C)c(=O)c6Cl)CN(C)C5)cc4)CC3)C2)ccc1C1CCC(=O)NC1=O. The summed E-state index contributed by atoms with van der Waals surface area (Å²) >= 11 is 6.31. The van der Waals surface area contributed by atoms with Gasteiger partial charge < -0.3 is 20.0 Å². The quantitative estimate of drug-likeness (QED) is 0.375. The molecule has 2 aromatic carbocycles. The Balaban J connectivity index is 0.917. The molecule has 2 N–H and O–H groups in total. The number of benzene rings is 2. The number of carbonyl (C=O) groups is 3. The average molecular weight is 686 g/mol. The van der Waals surface area contributed by atoms with Crippen LogP contribution in [0.4, 0.5) is 11.4 Å². The van der Waals surface area contributed by atoms with Gasteiger partial charge in [-0.3, -0.25) is 24.5 Å². The van der Waals surface area contributed by atoms with Crippen molar-refractivity contribution in [3.63, 3.8) is 0 Å². The Morgan fingerprint density at radius 3 is 2.45 bits per heavy atom. The number of hydrogen-bond donors (Lipinski definition) is 2. The smallest absolute Gasteiger partial charge is 0.287 e. The van der Waals surface area contributed by atoms with Gasteiger partial charge in [-0.2, -0.15) is 5.10 Å². The van der Waals surface area contributed by atoms with Gasteiger partial charge in [-0.15, -0.1) is 0 Å². The summed E-state index contributed by atoms with van der Waals surface area (Å²) in [6.07, 6.45) is 5.37. The van der Waals surface area contributed by atoms with Gasteiger partial charge in [0, 0.05) is 75.4 Å². The molecule has 4 aliphatic heterocycles. The van der Waals surface area contributed by atoms with Crippen LogP contribution in [0.1, 0.15) is 71.0 Å². The lowest BCUT2D eigenvalue weighted by molar-refractivity contribution is -0.134. The van der Waals surface area contributed by atoms with E-state index in [4.69, 9.17) is 11.6 Å². The Morgan fingerprint density at radius 2 is 1.76 bits per heavy atom. The third kappa shape index (κ3) is 6.70. The van der Waals surface area contributed by atoms with Gasteiger partial charge in [0.05, 0.1) is 17.8 Å². The van der Waals surface area contributed by atoms with Crippen LogP contribution in [-0.2, 0) is 16.6 Å². The summed E-state index contributed by atoms with van der Waals surface area (Å²) < 4.78 is 1.23. The lowest BCUT2D eigenvalue weighted by atomic mass is 9.71. The molecule has 3 aromatic rings. The third-order valence-corrected chi connectivity index (χ3v) is 11.5. The van der Waals surface area contributed by atoms with E-state index in [1.807, 2.05) is 30.0 Å². The average Bonchev–Trinajstić information content (AvgIpc) is 3.07. The largest absolute Gasteiger partial charge is 0.378 e. The fourth-order valence-corrected chi connectivity index (χ4v) is 8.49. The number of nitrogens with zero attached hydrogens (tertiary/aromatic N) is 5. The van der Waals surface area contributed by atoms with Crippen LogP contribution in [0.15, 0.2) is 53.5 Å². The second-order valence-corrected chi connectivity index (χ2v) is 15.0. The fourth-order valence-electron chi connectivity index (χ4n) is 8.26. The van der Waals surface area contributed by atoms with Gasteiger partial charge in [0.15, 0.2) is 0 Å². The molecule has 0 aliphatic carbocycles. The number of nitrogens with one attached hydrogen (secondary N) is 2. The Bertz CT molecular complexity index is 1830. The first-order valence-electron chi connectivity index (χ1n) is 17.2. The summed E-state index contributed by atoms with van der Waals surface area (Å²) in [5.74, 6) is -0.302. The maximum Gasteiger partial charge on any atom is 0.287 e. The molecule has 0 radical (unpaired) electrons. The summed E-state index contributed by atoms with van der Waals surface area (Å²) in [4.78, 5) is 56.4. The summed E-state index contributed by atoms with van der Waals surface area (Å²) in [5, 5.41) is 10.2. The minimum atomic E-state index is -0.322. The van der Waals surface area contributed by atoms with E-state index < -0.39 is 0 Å². The molecular weight excluding hydrogens is 642 g/mol. The summed E-state index contributed by atoms with van der Waals surface area (Å²) in [6, 6.07) is 14.5. The van der Waals surface area contributed by atoms with Gasteiger partial charge in [-0.05, 0) is 86.5 Å². The second-order valence-electron chi connectivity index (χ2n) is 14.6. The van der Waals surface area contributed by atoms with Gasteiger partial charge in [0.1, 0.15) is 5.02 Å². The van der Waals surface area contributed by atoms with Crippen LogP contribution in [-0.4, -0.2) is 89.7 Å². The van der Waals surface area contributed by atoms with Crippen LogP contribution < -0.4 is 21.1 Å². The van der Waals surface area contributed by atoms with Crippen LogP contribution in [0.25, 0.3) is 0 Å². The Kier molecular flexibility index (Phi) is 9.00. The van der Waals surface area contributed by atoms with Crippen molar-refractivity contribution in [2.45, 2.75) is 56.9 Å². The highest BCUT2D eigenvalue weighted by Crippen LogP contribution is 2.43. The topological polar surface area (TPSA) is 120 Å². The van der Waals surface area contributed by atoms with E-state index >= 15 is 0 Å². The first-order chi connectivity index (χ1) is 23.5. The minimum absolute atomic E-state index is 0.0883. The van der Waals surface area contributed by atoms with Crippen molar-refractivity contribution in [2.24, 2.45) is 12.5 Å². The lowest BCUT2D eigenvalue weighted by Crippen LogP contribution is -2.61. The number of imide groups is 1. The molecule has 4 aliphatic rings. The van der Waals surface area contributed by atoms with Crippen molar-refractivity contribution < 1.29 is 14.4 Å². The van der Waals surface area contributed by atoms with Crippen molar-refractivity contribution in [3.8, 4) is 0 Å². The molecule has 7 rings (SSSR count). The molecule has 11 nitrogen and oxygen atoms in total. The number of aryl methyl sites for hydroxylation is 2. The van der Waals surface area contributed by atoms with Gasteiger partial charge >= 0.3 is 0 Å². The van der Waals surface area contributed by atoms with Gasteiger partial charge in [-0.25, -0.2) is 4.68 Å². The summed E-state index contributed by atoms with van der Waals surface area (Å²) in [7, 11) is 3.67. The Morgan fingerprint density at radius 1 is 1.02 bits per heavy atom. The van der Waals surface area contributed by atoms with Gasteiger partial charge in [0.2, 0.25) is 11.8 Å². The number of amides is 3. The number of piperidine rings is 3. The predicted octanol–water partition coefficient (Wildman–Crippen LogP) is 3.90. The number of hydrogen-bond acceptors (Lipinski definition) is 8. The fraction of sp³-hybridized carbons (Fsp3) is 0.486. The molecule has 4 saturated heterocycles. The Hall–Kier alpha value is -4.22. The van der Waals surface area contributed by atoms with E-state index in [2.05, 4.69) is 56.8 Å². The van der Waals surface area contributed by atoms with Crippen molar-refractivity contribution in [2.75, 3.05) is 56.5 Å². The highest BCUT2D eigenvalue weighted by molar-refractivity contribution is 6.32. The number of anilines is 2. The van der Waals surface area contributed by atoms with Gasteiger partial charge in [-0.1, -0.05) is 29.8 Å². The normalized spacial score (nSPS) is 24.0. The van der Waals surface area contributed by atoms with Crippen LogP contribution in [0.2, 0.25) is 5.02 Å². The zero-order valence-electron chi connectivity index (χ0n) is 28.4. The van der Waals surface area contributed by atoms with Crippen molar-refractivity contribution in [1.82, 2.24) is 24.9 Å². The monoisotopic (exact) mass is 685 g/mol. The van der Waals surface area contributed by atoms with E-state index in [0.717, 1.165) is 80.9 Å². The predicted molar refractivity (Wildman–Crippen MR) is 189 cm³/mol. The molecule has 0 bridgehead atoms. The molecule has 1 unspecified atom stereocenters. The maximum atomic E-state index is 13.5. The maximum absolute atomic E-state index is 13.5. The summed E-state index contributed by atoms with van der Waals surface area (Å²) in [5.41, 5.74) is 5.60. The molecule has 1 spiro atoms. The molecule has 4 fully saturated rings. The Labute approximate surface area is 291 Å². The second kappa shape index (κ2) is 13.2. The zero-order chi connectivity index (χ0) is 34.4. The number of aromatic nitrogens is 2. The van der Waals surface area contributed by atoms with Crippen molar-refractivity contribution in [3.05, 3.63) is 86.3 Å². The van der Waals surface area contributed by atoms with Gasteiger partial charge in [0.25, 0.3) is 11.5 Å². The number of halogens is 1. The van der Waals surface area contributed by atoms with E-state index in [-0.39, 0.29) is 51.6 Å². The minimum Gasteiger partial charge on any atom is -0.378 e. The number of likely N-dealkylation sites (tertiary alicyclic amines) is 2.